The van der Waals surface area contributed by atoms with Crippen LogP contribution in [0.25, 0.3) is 11.1 Å². The number of hydrogen-bond donors (Lipinski definition) is 2. The van der Waals surface area contributed by atoms with E-state index in [9.17, 15) is 9.18 Å². The van der Waals surface area contributed by atoms with Gasteiger partial charge in [0, 0.05) is 11.8 Å². The summed E-state index contributed by atoms with van der Waals surface area (Å²) >= 11 is 0. The van der Waals surface area contributed by atoms with Crippen LogP contribution in [-0.4, -0.2) is 21.0 Å². The van der Waals surface area contributed by atoms with Crippen molar-refractivity contribution < 1.29 is 14.3 Å². The van der Waals surface area contributed by atoms with Crippen molar-refractivity contribution in [3.8, 4) is 11.1 Å². The SMILES string of the molecule is Nc1ncc(-c2cccc(F)c2)c(C(=O)O)n1. The zero-order valence-electron chi connectivity index (χ0n) is 8.59. The average Bonchev–Trinajstić information content (AvgIpc) is 2.28. The van der Waals surface area contributed by atoms with E-state index in [2.05, 4.69) is 9.97 Å². The van der Waals surface area contributed by atoms with Crippen molar-refractivity contribution in [1.29, 1.82) is 0 Å². The predicted molar refractivity (Wildman–Crippen MR) is 58.8 cm³/mol. The minimum atomic E-state index is -1.24. The maximum Gasteiger partial charge on any atom is 0.355 e. The lowest BCUT2D eigenvalue weighted by Gasteiger charge is -2.05. The Morgan fingerprint density at radius 1 is 1.41 bits per heavy atom. The molecule has 2 aromatic rings. The number of carboxylic acid groups (broad SMARTS) is 1. The van der Waals surface area contributed by atoms with E-state index in [1.165, 1.54) is 24.4 Å². The second-order valence-electron chi connectivity index (χ2n) is 3.31. The summed E-state index contributed by atoms with van der Waals surface area (Å²) in [6, 6.07) is 5.53. The molecule has 17 heavy (non-hydrogen) atoms. The number of carbonyl (C=O) groups is 1. The van der Waals surface area contributed by atoms with Gasteiger partial charge in [-0.15, -0.1) is 0 Å². The molecule has 0 spiro atoms. The van der Waals surface area contributed by atoms with Crippen molar-refractivity contribution >= 4 is 11.9 Å². The Balaban J connectivity index is 2.63. The molecule has 0 saturated carbocycles. The van der Waals surface area contributed by atoms with Crippen molar-refractivity contribution in [2.45, 2.75) is 0 Å². The molecule has 0 unspecified atom stereocenters. The van der Waals surface area contributed by atoms with E-state index >= 15 is 0 Å². The van der Waals surface area contributed by atoms with Gasteiger partial charge < -0.3 is 10.8 Å². The summed E-state index contributed by atoms with van der Waals surface area (Å²) in [6.45, 7) is 0. The van der Waals surface area contributed by atoms with Gasteiger partial charge in [0.2, 0.25) is 5.95 Å². The van der Waals surface area contributed by atoms with Crippen LogP contribution in [-0.2, 0) is 0 Å². The van der Waals surface area contributed by atoms with Crippen molar-refractivity contribution in [1.82, 2.24) is 9.97 Å². The first-order valence-electron chi connectivity index (χ1n) is 4.69. The highest BCUT2D eigenvalue weighted by Gasteiger charge is 2.15. The Bertz CT molecular complexity index is 587. The molecule has 0 radical (unpaired) electrons. The number of benzene rings is 1. The first kappa shape index (κ1) is 11.0. The van der Waals surface area contributed by atoms with Crippen LogP contribution in [0.3, 0.4) is 0 Å². The van der Waals surface area contributed by atoms with E-state index < -0.39 is 11.8 Å². The van der Waals surface area contributed by atoms with Crippen LogP contribution in [0.4, 0.5) is 10.3 Å². The molecule has 0 aliphatic carbocycles. The summed E-state index contributed by atoms with van der Waals surface area (Å²) in [5, 5.41) is 8.98. The van der Waals surface area contributed by atoms with Gasteiger partial charge >= 0.3 is 5.97 Å². The smallest absolute Gasteiger partial charge is 0.355 e. The first-order chi connectivity index (χ1) is 8.08. The second kappa shape index (κ2) is 4.17. The van der Waals surface area contributed by atoms with E-state index in [0.717, 1.165) is 0 Å². The Labute approximate surface area is 95.8 Å². The Hall–Kier alpha value is -2.50. The molecular formula is C11H8FN3O2. The van der Waals surface area contributed by atoms with Gasteiger partial charge in [0.1, 0.15) is 5.82 Å². The van der Waals surface area contributed by atoms with Crippen molar-refractivity contribution in [2.24, 2.45) is 0 Å². The first-order valence-corrected chi connectivity index (χ1v) is 4.69. The number of anilines is 1. The molecule has 1 aromatic carbocycles. The lowest BCUT2D eigenvalue weighted by molar-refractivity contribution is 0.0691. The van der Waals surface area contributed by atoms with Crippen LogP contribution in [0.5, 0.6) is 0 Å². The molecule has 0 bridgehead atoms. The van der Waals surface area contributed by atoms with Crippen LogP contribution < -0.4 is 5.73 Å². The molecule has 86 valence electrons. The third kappa shape index (κ3) is 2.20. The number of rotatable bonds is 2. The number of aromatic nitrogens is 2. The molecule has 1 heterocycles. The lowest BCUT2D eigenvalue weighted by Crippen LogP contribution is -2.07. The van der Waals surface area contributed by atoms with Gasteiger partial charge in [0.25, 0.3) is 0 Å². The van der Waals surface area contributed by atoms with Gasteiger partial charge in [-0.05, 0) is 17.7 Å². The molecule has 0 fully saturated rings. The molecule has 3 N–H and O–H groups in total. The summed E-state index contributed by atoms with van der Waals surface area (Å²) in [7, 11) is 0. The van der Waals surface area contributed by atoms with Crippen LogP contribution in [0.2, 0.25) is 0 Å². The number of halogens is 1. The monoisotopic (exact) mass is 233 g/mol. The number of hydrogen-bond acceptors (Lipinski definition) is 4. The fourth-order valence-electron chi connectivity index (χ4n) is 1.43. The number of nitrogens with two attached hydrogens (primary N) is 1. The van der Waals surface area contributed by atoms with Gasteiger partial charge in [0.15, 0.2) is 5.69 Å². The van der Waals surface area contributed by atoms with Gasteiger partial charge in [-0.1, -0.05) is 12.1 Å². The molecule has 0 aliphatic rings. The summed E-state index contributed by atoms with van der Waals surface area (Å²) in [6.07, 6.45) is 1.26. The highest BCUT2D eigenvalue weighted by Crippen LogP contribution is 2.22. The molecule has 6 heteroatoms. The van der Waals surface area contributed by atoms with Gasteiger partial charge in [-0.2, -0.15) is 0 Å². The predicted octanol–water partition coefficient (Wildman–Crippen LogP) is 1.56. The standard InChI is InChI=1S/C11H8FN3O2/c12-7-3-1-2-6(4-7)8-5-14-11(13)15-9(8)10(16)17/h1-5H,(H,16,17)(H2,13,14,15). The van der Waals surface area contributed by atoms with Crippen molar-refractivity contribution in [2.75, 3.05) is 5.73 Å². The Morgan fingerprint density at radius 2 is 2.18 bits per heavy atom. The summed E-state index contributed by atoms with van der Waals surface area (Å²) < 4.78 is 13.1. The molecule has 5 nitrogen and oxygen atoms in total. The van der Waals surface area contributed by atoms with Gasteiger partial charge in [-0.25, -0.2) is 19.2 Å². The highest BCUT2D eigenvalue weighted by molar-refractivity contribution is 5.93. The van der Waals surface area contributed by atoms with Crippen LogP contribution in [0.1, 0.15) is 10.5 Å². The average molecular weight is 233 g/mol. The molecule has 2 rings (SSSR count). The maximum absolute atomic E-state index is 13.1. The quantitative estimate of drug-likeness (QED) is 0.821. The molecule has 0 saturated heterocycles. The van der Waals surface area contributed by atoms with E-state index in [1.54, 1.807) is 6.07 Å². The minimum Gasteiger partial charge on any atom is -0.476 e. The molecule has 0 atom stereocenters. The van der Waals surface area contributed by atoms with Gasteiger partial charge in [0.05, 0.1) is 0 Å². The largest absolute Gasteiger partial charge is 0.476 e. The number of aromatic carboxylic acids is 1. The highest BCUT2D eigenvalue weighted by atomic mass is 19.1. The van der Waals surface area contributed by atoms with Crippen molar-refractivity contribution in [3.05, 3.63) is 42.0 Å². The minimum absolute atomic E-state index is 0.137. The fourth-order valence-corrected chi connectivity index (χ4v) is 1.43. The molecule has 0 aliphatic heterocycles. The number of nitrogen functional groups attached to an aromatic ring is 1. The topological polar surface area (TPSA) is 89.1 Å². The lowest BCUT2D eigenvalue weighted by atomic mass is 10.1. The van der Waals surface area contributed by atoms with Crippen LogP contribution >= 0.6 is 0 Å². The van der Waals surface area contributed by atoms with Gasteiger partial charge in [-0.3, -0.25) is 0 Å². The second-order valence-corrected chi connectivity index (χ2v) is 3.31. The Kier molecular flexibility index (Phi) is 2.70. The van der Waals surface area contributed by atoms with Crippen LogP contribution in [0, 0.1) is 5.82 Å². The molecule has 0 amide bonds. The zero-order chi connectivity index (χ0) is 12.4. The fraction of sp³-hybridized carbons (Fsp3) is 0. The third-order valence-electron chi connectivity index (χ3n) is 2.15. The summed E-state index contributed by atoms with van der Waals surface area (Å²) in [5.41, 5.74) is 5.69. The van der Waals surface area contributed by atoms with E-state index in [0.29, 0.717) is 5.56 Å². The number of carboxylic acids is 1. The Morgan fingerprint density at radius 3 is 2.82 bits per heavy atom. The zero-order valence-corrected chi connectivity index (χ0v) is 8.59. The maximum atomic E-state index is 13.1. The molecular weight excluding hydrogens is 225 g/mol. The normalized spacial score (nSPS) is 10.2. The molecule has 1 aromatic heterocycles. The van der Waals surface area contributed by atoms with E-state index in [4.69, 9.17) is 10.8 Å². The van der Waals surface area contributed by atoms with E-state index in [1.807, 2.05) is 0 Å². The summed E-state index contributed by atoms with van der Waals surface area (Å²) in [4.78, 5) is 18.3. The van der Waals surface area contributed by atoms with E-state index in [-0.39, 0.29) is 17.2 Å². The summed E-state index contributed by atoms with van der Waals surface area (Å²) in [5.74, 6) is -1.84. The van der Waals surface area contributed by atoms with Crippen molar-refractivity contribution in [3.63, 3.8) is 0 Å². The number of nitrogens with zero attached hydrogens (tertiary/aromatic N) is 2. The third-order valence-corrected chi connectivity index (χ3v) is 2.15. The van der Waals surface area contributed by atoms with Crippen LogP contribution in [0.15, 0.2) is 30.5 Å².